The average molecular weight is 262 g/mol. The lowest BCUT2D eigenvalue weighted by Crippen LogP contribution is -2.34. The van der Waals surface area contributed by atoms with E-state index in [9.17, 15) is 4.79 Å². The molecule has 0 radical (unpaired) electrons. The fraction of sp³-hybridized carbons (Fsp3) is 0.941. The number of epoxide rings is 1. The highest BCUT2D eigenvalue weighted by Crippen LogP contribution is 2.66. The largest absolute Gasteiger partial charge is 0.365 e. The minimum absolute atomic E-state index is 0.143. The molecule has 106 valence electrons. The highest BCUT2D eigenvalue weighted by Gasteiger charge is 2.70. The van der Waals surface area contributed by atoms with Crippen LogP contribution in [0.15, 0.2) is 0 Å². The summed E-state index contributed by atoms with van der Waals surface area (Å²) in [6.07, 6.45) is 9.83. The van der Waals surface area contributed by atoms with Crippen molar-refractivity contribution in [2.75, 3.05) is 0 Å². The number of ether oxygens (including phenoxy) is 1. The van der Waals surface area contributed by atoms with Crippen molar-refractivity contribution in [3.63, 3.8) is 0 Å². The molecular formula is C17H26O2. The van der Waals surface area contributed by atoms with Crippen molar-refractivity contribution in [2.45, 2.75) is 76.9 Å². The van der Waals surface area contributed by atoms with Crippen molar-refractivity contribution < 1.29 is 9.53 Å². The zero-order chi connectivity index (χ0) is 13.3. The van der Waals surface area contributed by atoms with Crippen LogP contribution < -0.4 is 0 Å². The van der Waals surface area contributed by atoms with Gasteiger partial charge in [0.2, 0.25) is 0 Å². The molecule has 1 saturated heterocycles. The third-order valence-electron chi connectivity index (χ3n) is 7.08. The second kappa shape index (κ2) is 3.84. The standard InChI is InChI=1S/C17H26O2/c1-16(2)12-7-8-17(16)15(19-17)9-11-5-3-4-6-13(11)14(18)10-12/h11-13,15H,3-10H2,1-2H3/t11-,12+,13-,15-,17-/m1/s1. The molecule has 2 bridgehead atoms. The molecule has 0 aromatic carbocycles. The summed E-state index contributed by atoms with van der Waals surface area (Å²) in [7, 11) is 0. The van der Waals surface area contributed by atoms with Crippen molar-refractivity contribution in [1.82, 2.24) is 0 Å². The van der Waals surface area contributed by atoms with Gasteiger partial charge in [0.15, 0.2) is 0 Å². The highest BCUT2D eigenvalue weighted by atomic mass is 16.6. The maximum atomic E-state index is 12.7. The Morgan fingerprint density at radius 3 is 2.79 bits per heavy atom. The van der Waals surface area contributed by atoms with E-state index in [1.54, 1.807) is 0 Å². The number of rotatable bonds is 0. The van der Waals surface area contributed by atoms with Gasteiger partial charge in [-0.05, 0) is 49.4 Å². The Labute approximate surface area is 116 Å². The molecule has 0 aromatic rings. The van der Waals surface area contributed by atoms with E-state index in [-0.39, 0.29) is 11.0 Å². The van der Waals surface area contributed by atoms with Gasteiger partial charge in [-0.2, -0.15) is 0 Å². The molecule has 2 nitrogen and oxygen atoms in total. The van der Waals surface area contributed by atoms with Crippen molar-refractivity contribution >= 4 is 5.78 Å². The van der Waals surface area contributed by atoms with Crippen LogP contribution in [0.1, 0.15) is 65.2 Å². The van der Waals surface area contributed by atoms with E-state index < -0.39 is 0 Å². The van der Waals surface area contributed by atoms with Crippen LogP contribution in [0.4, 0.5) is 0 Å². The van der Waals surface area contributed by atoms with Gasteiger partial charge in [0, 0.05) is 12.3 Å². The molecule has 3 aliphatic carbocycles. The van der Waals surface area contributed by atoms with Crippen molar-refractivity contribution in [1.29, 1.82) is 0 Å². The predicted molar refractivity (Wildman–Crippen MR) is 73.8 cm³/mol. The second-order valence-electron chi connectivity index (χ2n) is 8.01. The van der Waals surface area contributed by atoms with Crippen LogP contribution in [-0.2, 0) is 9.53 Å². The molecule has 5 atom stereocenters. The van der Waals surface area contributed by atoms with E-state index >= 15 is 0 Å². The van der Waals surface area contributed by atoms with Crippen molar-refractivity contribution in [3.8, 4) is 0 Å². The first-order valence-electron chi connectivity index (χ1n) is 8.25. The summed E-state index contributed by atoms with van der Waals surface area (Å²) < 4.78 is 6.26. The molecule has 0 aromatic heterocycles. The van der Waals surface area contributed by atoms with Crippen LogP contribution in [-0.4, -0.2) is 17.5 Å². The van der Waals surface area contributed by atoms with E-state index in [0.717, 1.165) is 19.3 Å². The Bertz CT molecular complexity index is 413. The summed E-state index contributed by atoms with van der Waals surface area (Å²) in [6, 6.07) is 0. The van der Waals surface area contributed by atoms with Crippen LogP contribution >= 0.6 is 0 Å². The van der Waals surface area contributed by atoms with Crippen LogP contribution in [0, 0.1) is 23.2 Å². The third kappa shape index (κ3) is 1.55. The van der Waals surface area contributed by atoms with Gasteiger partial charge in [0.25, 0.3) is 0 Å². The molecular weight excluding hydrogens is 236 g/mol. The molecule has 1 aliphatic heterocycles. The monoisotopic (exact) mass is 262 g/mol. The van der Waals surface area contributed by atoms with Gasteiger partial charge in [-0.3, -0.25) is 4.79 Å². The molecule has 2 heteroatoms. The van der Waals surface area contributed by atoms with E-state index in [1.807, 2.05) is 0 Å². The Hall–Kier alpha value is -0.370. The maximum Gasteiger partial charge on any atom is 0.136 e. The van der Waals surface area contributed by atoms with E-state index in [4.69, 9.17) is 4.74 Å². The molecule has 4 fully saturated rings. The Morgan fingerprint density at radius 1 is 1.16 bits per heavy atom. The summed E-state index contributed by atoms with van der Waals surface area (Å²) in [5.74, 6) is 2.14. The topological polar surface area (TPSA) is 29.6 Å². The summed E-state index contributed by atoms with van der Waals surface area (Å²) in [6.45, 7) is 4.71. The molecule has 4 rings (SSSR count). The zero-order valence-electron chi connectivity index (χ0n) is 12.3. The van der Waals surface area contributed by atoms with Crippen molar-refractivity contribution in [2.24, 2.45) is 23.2 Å². The molecule has 19 heavy (non-hydrogen) atoms. The number of carbonyl (C=O) groups is 1. The highest BCUT2D eigenvalue weighted by molar-refractivity contribution is 5.82. The Morgan fingerprint density at radius 2 is 1.95 bits per heavy atom. The lowest BCUT2D eigenvalue weighted by Gasteiger charge is -2.32. The summed E-state index contributed by atoms with van der Waals surface area (Å²) in [4.78, 5) is 12.7. The number of hydrogen-bond acceptors (Lipinski definition) is 2. The third-order valence-corrected chi connectivity index (χ3v) is 7.08. The van der Waals surface area contributed by atoms with Gasteiger partial charge < -0.3 is 4.74 Å². The number of hydrogen-bond donors (Lipinski definition) is 0. The minimum atomic E-state index is 0.143. The van der Waals surface area contributed by atoms with E-state index in [2.05, 4.69) is 13.8 Å². The Kier molecular flexibility index (Phi) is 2.50. The molecule has 1 spiro atoms. The first-order valence-corrected chi connectivity index (χ1v) is 8.25. The van der Waals surface area contributed by atoms with E-state index in [1.165, 1.54) is 32.1 Å². The molecule has 0 amide bonds. The van der Waals surface area contributed by atoms with Gasteiger partial charge >= 0.3 is 0 Å². The van der Waals surface area contributed by atoms with Crippen molar-refractivity contribution in [3.05, 3.63) is 0 Å². The second-order valence-corrected chi connectivity index (χ2v) is 8.01. The minimum Gasteiger partial charge on any atom is -0.365 e. The average Bonchev–Trinajstić information content (AvgIpc) is 3.03. The van der Waals surface area contributed by atoms with Gasteiger partial charge in [-0.1, -0.05) is 26.7 Å². The summed E-state index contributed by atoms with van der Waals surface area (Å²) >= 11 is 0. The summed E-state index contributed by atoms with van der Waals surface area (Å²) in [5, 5.41) is 0. The number of carbonyl (C=O) groups excluding carboxylic acids is 1. The molecule has 3 saturated carbocycles. The molecule has 1 heterocycles. The van der Waals surface area contributed by atoms with E-state index in [0.29, 0.717) is 29.6 Å². The van der Waals surface area contributed by atoms with Crippen LogP contribution in [0.3, 0.4) is 0 Å². The van der Waals surface area contributed by atoms with Crippen LogP contribution in [0.2, 0.25) is 0 Å². The Balaban J connectivity index is 1.68. The van der Waals surface area contributed by atoms with Crippen LogP contribution in [0.5, 0.6) is 0 Å². The van der Waals surface area contributed by atoms with Crippen LogP contribution in [0.25, 0.3) is 0 Å². The quantitative estimate of drug-likeness (QED) is 0.623. The fourth-order valence-corrected chi connectivity index (χ4v) is 5.60. The predicted octanol–water partition coefficient (Wildman–Crippen LogP) is 3.73. The smallest absolute Gasteiger partial charge is 0.136 e. The zero-order valence-corrected chi connectivity index (χ0v) is 12.3. The number of fused-ring (bicyclic) bond motifs is 2. The SMILES string of the molecule is CC1(C)[C@H]2CC[C@]13O[C@@H]3C[C@H]1CCCC[C@H]1C(=O)C2. The maximum absolute atomic E-state index is 12.7. The summed E-state index contributed by atoms with van der Waals surface area (Å²) in [5.41, 5.74) is 0.352. The van der Waals surface area contributed by atoms with Gasteiger partial charge in [0.05, 0.1) is 6.10 Å². The number of Topliss-reactive ketones (excluding diaryl/α,β-unsaturated/α-hetero) is 1. The number of ketones is 1. The normalized spacial score (nSPS) is 51.6. The first-order chi connectivity index (χ1) is 9.04. The molecule has 0 N–H and O–H groups in total. The first kappa shape index (κ1) is 12.4. The fourth-order valence-electron chi connectivity index (χ4n) is 5.60. The lowest BCUT2D eigenvalue weighted by molar-refractivity contribution is -0.127. The van der Waals surface area contributed by atoms with Gasteiger partial charge in [-0.15, -0.1) is 0 Å². The molecule has 4 aliphatic rings. The van der Waals surface area contributed by atoms with Gasteiger partial charge in [0.1, 0.15) is 11.4 Å². The molecule has 0 unspecified atom stereocenters. The van der Waals surface area contributed by atoms with Gasteiger partial charge in [-0.25, -0.2) is 0 Å². The lowest BCUT2D eigenvalue weighted by atomic mass is 9.72.